The maximum atomic E-state index is 12.0. The predicted octanol–water partition coefficient (Wildman–Crippen LogP) is 4.31. The van der Waals surface area contributed by atoms with E-state index in [4.69, 9.17) is 0 Å². The summed E-state index contributed by atoms with van der Waals surface area (Å²) in [6.45, 7) is 14.1. The molecule has 2 heteroatoms. The number of amides is 1. The van der Waals surface area contributed by atoms with E-state index in [1.807, 2.05) is 0 Å². The minimum atomic E-state index is 0.157. The van der Waals surface area contributed by atoms with Crippen LogP contribution in [0.1, 0.15) is 66.2 Å². The number of nitrogens with one attached hydrogen (secondary N) is 1. The second-order valence-electron chi connectivity index (χ2n) is 8.08. The lowest BCUT2D eigenvalue weighted by Gasteiger charge is -2.65. The molecule has 1 unspecified atom stereocenters. The van der Waals surface area contributed by atoms with E-state index in [1.54, 1.807) is 7.05 Å². The van der Waals surface area contributed by atoms with Gasteiger partial charge in [0.2, 0.25) is 5.91 Å². The Morgan fingerprint density at radius 3 is 2.50 bits per heavy atom. The van der Waals surface area contributed by atoms with Crippen molar-refractivity contribution in [2.45, 2.75) is 66.2 Å². The average molecular weight is 277 g/mol. The molecule has 114 valence electrons. The van der Waals surface area contributed by atoms with Gasteiger partial charge in [0.25, 0.3) is 0 Å². The van der Waals surface area contributed by atoms with E-state index in [1.165, 1.54) is 31.3 Å². The normalized spacial score (nSPS) is 40.0. The SMILES string of the molecule is C=C1CC[C@]2(C)C(C)(C)CCC[C@]2(C)C1CC(=O)NC. The van der Waals surface area contributed by atoms with Crippen molar-refractivity contribution in [3.8, 4) is 0 Å². The summed E-state index contributed by atoms with van der Waals surface area (Å²) in [4.78, 5) is 12.0. The quantitative estimate of drug-likeness (QED) is 0.749. The van der Waals surface area contributed by atoms with Gasteiger partial charge < -0.3 is 5.32 Å². The van der Waals surface area contributed by atoms with Crippen molar-refractivity contribution in [3.63, 3.8) is 0 Å². The fourth-order valence-electron chi connectivity index (χ4n) is 5.10. The molecular formula is C18H31NO. The molecule has 3 atom stereocenters. The first-order chi connectivity index (χ1) is 9.18. The first-order valence-corrected chi connectivity index (χ1v) is 8.06. The van der Waals surface area contributed by atoms with Crippen molar-refractivity contribution in [2.75, 3.05) is 7.05 Å². The Morgan fingerprint density at radius 2 is 1.90 bits per heavy atom. The van der Waals surface area contributed by atoms with Gasteiger partial charge in [0, 0.05) is 13.5 Å². The molecule has 1 N–H and O–H groups in total. The molecule has 0 bridgehead atoms. The fraction of sp³-hybridized carbons (Fsp3) is 0.833. The molecule has 2 nitrogen and oxygen atoms in total. The lowest BCUT2D eigenvalue weighted by molar-refractivity contribution is -0.144. The van der Waals surface area contributed by atoms with Crippen LogP contribution in [-0.4, -0.2) is 13.0 Å². The molecule has 0 heterocycles. The number of carbonyl (C=O) groups excluding carboxylic acids is 1. The second-order valence-corrected chi connectivity index (χ2v) is 8.08. The van der Waals surface area contributed by atoms with Gasteiger partial charge in [-0.05, 0) is 47.8 Å². The number of carbonyl (C=O) groups is 1. The van der Waals surface area contributed by atoms with E-state index in [0.717, 1.165) is 6.42 Å². The summed E-state index contributed by atoms with van der Waals surface area (Å²) < 4.78 is 0. The molecule has 2 aliphatic rings. The number of hydrogen-bond donors (Lipinski definition) is 1. The first-order valence-electron chi connectivity index (χ1n) is 8.06. The van der Waals surface area contributed by atoms with Crippen LogP contribution < -0.4 is 5.32 Å². The highest BCUT2D eigenvalue weighted by atomic mass is 16.1. The number of rotatable bonds is 2. The second kappa shape index (κ2) is 4.89. The highest BCUT2D eigenvalue weighted by molar-refractivity contribution is 5.76. The monoisotopic (exact) mass is 277 g/mol. The van der Waals surface area contributed by atoms with E-state index in [0.29, 0.717) is 23.2 Å². The number of allylic oxidation sites excluding steroid dienone is 1. The number of hydrogen-bond acceptors (Lipinski definition) is 1. The van der Waals surface area contributed by atoms with Crippen LogP contribution >= 0.6 is 0 Å². The van der Waals surface area contributed by atoms with Gasteiger partial charge in [-0.15, -0.1) is 0 Å². The zero-order valence-electron chi connectivity index (χ0n) is 13.9. The molecule has 0 saturated heterocycles. The molecule has 0 aliphatic heterocycles. The van der Waals surface area contributed by atoms with Crippen LogP contribution in [0.4, 0.5) is 0 Å². The third-order valence-corrected chi connectivity index (χ3v) is 7.13. The maximum Gasteiger partial charge on any atom is 0.220 e. The van der Waals surface area contributed by atoms with Crippen molar-refractivity contribution in [1.82, 2.24) is 5.32 Å². The lowest BCUT2D eigenvalue weighted by Crippen LogP contribution is -2.57. The zero-order chi connectivity index (χ0) is 15.2. The van der Waals surface area contributed by atoms with Crippen LogP contribution in [0.2, 0.25) is 0 Å². The van der Waals surface area contributed by atoms with Crippen molar-refractivity contribution in [1.29, 1.82) is 0 Å². The first kappa shape index (κ1) is 15.6. The summed E-state index contributed by atoms with van der Waals surface area (Å²) in [6.07, 6.45) is 6.72. The van der Waals surface area contributed by atoms with Crippen LogP contribution in [0.15, 0.2) is 12.2 Å². The van der Waals surface area contributed by atoms with Crippen molar-refractivity contribution >= 4 is 5.91 Å². The Kier molecular flexibility index (Phi) is 3.81. The predicted molar refractivity (Wildman–Crippen MR) is 84.4 cm³/mol. The molecule has 0 aromatic rings. The molecule has 2 fully saturated rings. The highest BCUT2D eigenvalue weighted by Crippen LogP contribution is 2.68. The van der Waals surface area contributed by atoms with E-state index < -0.39 is 0 Å². The summed E-state index contributed by atoms with van der Waals surface area (Å²) in [5.74, 6) is 0.491. The van der Waals surface area contributed by atoms with E-state index >= 15 is 0 Å². The third-order valence-electron chi connectivity index (χ3n) is 7.13. The van der Waals surface area contributed by atoms with Gasteiger partial charge in [-0.25, -0.2) is 0 Å². The molecule has 0 radical (unpaired) electrons. The summed E-state index contributed by atoms with van der Waals surface area (Å²) in [6, 6.07) is 0. The molecule has 0 aromatic heterocycles. The van der Waals surface area contributed by atoms with Gasteiger partial charge >= 0.3 is 0 Å². The summed E-state index contributed by atoms with van der Waals surface area (Å²) in [5.41, 5.74) is 2.15. The van der Waals surface area contributed by atoms with Crippen molar-refractivity contribution in [3.05, 3.63) is 12.2 Å². The number of fused-ring (bicyclic) bond motifs is 1. The minimum Gasteiger partial charge on any atom is -0.359 e. The van der Waals surface area contributed by atoms with Crippen LogP contribution in [0, 0.1) is 22.2 Å². The maximum absolute atomic E-state index is 12.0. The smallest absolute Gasteiger partial charge is 0.220 e. The molecule has 1 amide bonds. The van der Waals surface area contributed by atoms with Crippen molar-refractivity contribution in [2.24, 2.45) is 22.2 Å². The van der Waals surface area contributed by atoms with Crippen LogP contribution in [0.3, 0.4) is 0 Å². The molecule has 20 heavy (non-hydrogen) atoms. The summed E-state index contributed by atoms with van der Waals surface area (Å²) in [5, 5.41) is 2.80. The Hall–Kier alpha value is -0.790. The third kappa shape index (κ3) is 2.03. The van der Waals surface area contributed by atoms with Crippen LogP contribution in [-0.2, 0) is 4.79 Å². The van der Waals surface area contributed by atoms with E-state index in [2.05, 4.69) is 39.6 Å². The Labute approximate surface area is 124 Å². The fourth-order valence-corrected chi connectivity index (χ4v) is 5.10. The molecule has 0 spiro atoms. The summed E-state index contributed by atoms with van der Waals surface area (Å²) in [7, 11) is 1.74. The molecule has 2 saturated carbocycles. The molecule has 2 aliphatic carbocycles. The van der Waals surface area contributed by atoms with Gasteiger partial charge in [0.1, 0.15) is 0 Å². The van der Waals surface area contributed by atoms with Crippen LogP contribution in [0.25, 0.3) is 0 Å². The lowest BCUT2D eigenvalue weighted by atomic mass is 9.39. The van der Waals surface area contributed by atoms with E-state index in [-0.39, 0.29) is 11.3 Å². The molecule has 2 rings (SSSR count). The van der Waals surface area contributed by atoms with Gasteiger partial charge in [-0.1, -0.05) is 46.3 Å². The molecular weight excluding hydrogens is 246 g/mol. The standard InChI is InChI=1S/C18H31NO/c1-13-8-11-18(5)16(2,3)9-7-10-17(18,4)14(13)12-15(20)19-6/h14H,1,7-12H2,2-6H3,(H,19,20)/t14?,17-,18-/m1/s1. The Balaban J connectivity index is 2.41. The van der Waals surface area contributed by atoms with Gasteiger partial charge in [0.15, 0.2) is 0 Å². The van der Waals surface area contributed by atoms with Crippen molar-refractivity contribution < 1.29 is 4.79 Å². The van der Waals surface area contributed by atoms with Gasteiger partial charge in [0.05, 0.1) is 0 Å². The average Bonchev–Trinajstić information content (AvgIpc) is 2.37. The topological polar surface area (TPSA) is 29.1 Å². The highest BCUT2D eigenvalue weighted by Gasteiger charge is 2.60. The van der Waals surface area contributed by atoms with Gasteiger partial charge in [-0.3, -0.25) is 4.79 Å². The minimum absolute atomic E-state index is 0.157. The van der Waals surface area contributed by atoms with Gasteiger partial charge in [-0.2, -0.15) is 0 Å². The molecule has 0 aromatic carbocycles. The Morgan fingerprint density at radius 1 is 1.25 bits per heavy atom. The zero-order valence-corrected chi connectivity index (χ0v) is 13.9. The summed E-state index contributed by atoms with van der Waals surface area (Å²) >= 11 is 0. The van der Waals surface area contributed by atoms with Crippen LogP contribution in [0.5, 0.6) is 0 Å². The van der Waals surface area contributed by atoms with E-state index in [9.17, 15) is 4.79 Å². The Bertz CT molecular complexity index is 425. The largest absolute Gasteiger partial charge is 0.359 e.